The quantitative estimate of drug-likeness (QED) is 0.474. The minimum atomic E-state index is -3.42. The summed E-state index contributed by atoms with van der Waals surface area (Å²) in [7, 11) is -3.42. The molecule has 1 aromatic heterocycles. The van der Waals surface area contributed by atoms with E-state index >= 15 is 0 Å². The maximum absolute atomic E-state index is 13.0. The number of hydrogen-bond acceptors (Lipinski definition) is 4. The molecule has 2 aromatic carbocycles. The molecule has 1 heterocycles. The zero-order valence-electron chi connectivity index (χ0n) is 17.5. The number of nitrogens with one attached hydrogen (secondary N) is 3. The minimum absolute atomic E-state index is 0.0333. The van der Waals surface area contributed by atoms with E-state index in [4.69, 9.17) is 0 Å². The first-order chi connectivity index (χ1) is 14.3. The van der Waals surface area contributed by atoms with Gasteiger partial charge in [0.1, 0.15) is 5.82 Å². The van der Waals surface area contributed by atoms with E-state index in [1.165, 1.54) is 0 Å². The van der Waals surface area contributed by atoms with Gasteiger partial charge in [-0.2, -0.15) is 0 Å². The fourth-order valence-corrected chi connectivity index (χ4v) is 4.41. The van der Waals surface area contributed by atoms with E-state index in [1.807, 2.05) is 24.3 Å². The minimum Gasteiger partial charge on any atom is -0.342 e. The molecule has 3 aromatic rings. The van der Waals surface area contributed by atoms with Gasteiger partial charge in [0.05, 0.1) is 22.8 Å². The molecule has 0 unspecified atom stereocenters. The fourth-order valence-electron chi connectivity index (χ4n) is 3.28. The molecule has 0 bridgehead atoms. The summed E-state index contributed by atoms with van der Waals surface area (Å²) in [5.41, 5.74) is 2.53. The number of benzene rings is 2. The molecule has 30 heavy (non-hydrogen) atoms. The maximum atomic E-state index is 13.0. The SMILES string of the molecule is CCCS(=O)(=O)Nc1cccc(C(=O)N[C@@H](c2nc3ccccc3[nH]2)[C@@H](C)CC)c1. The Kier molecular flexibility index (Phi) is 6.77. The first kappa shape index (κ1) is 21.8. The number of nitrogens with zero attached hydrogens (tertiary/aromatic N) is 1. The molecule has 0 aliphatic heterocycles. The van der Waals surface area contributed by atoms with Gasteiger partial charge >= 0.3 is 0 Å². The van der Waals surface area contributed by atoms with Gasteiger partial charge in [0.15, 0.2) is 0 Å². The van der Waals surface area contributed by atoms with E-state index < -0.39 is 10.0 Å². The Balaban J connectivity index is 1.83. The molecule has 1 amide bonds. The van der Waals surface area contributed by atoms with Gasteiger partial charge in [-0.25, -0.2) is 13.4 Å². The predicted molar refractivity (Wildman–Crippen MR) is 120 cm³/mol. The van der Waals surface area contributed by atoms with Crippen molar-refractivity contribution in [1.29, 1.82) is 0 Å². The third kappa shape index (κ3) is 5.18. The van der Waals surface area contributed by atoms with Crippen LogP contribution < -0.4 is 10.0 Å². The number of sulfonamides is 1. The molecule has 3 N–H and O–H groups in total. The number of aromatic nitrogens is 2. The van der Waals surface area contributed by atoms with Gasteiger partial charge in [0.25, 0.3) is 5.91 Å². The smallest absolute Gasteiger partial charge is 0.251 e. The Morgan fingerprint density at radius 1 is 1.13 bits per heavy atom. The lowest BCUT2D eigenvalue weighted by molar-refractivity contribution is 0.0920. The number of hydrogen-bond donors (Lipinski definition) is 3. The monoisotopic (exact) mass is 428 g/mol. The molecular formula is C22H28N4O3S. The second kappa shape index (κ2) is 9.30. The number of fused-ring (bicyclic) bond motifs is 1. The van der Waals surface area contributed by atoms with Crippen molar-refractivity contribution in [3.05, 3.63) is 59.9 Å². The van der Waals surface area contributed by atoms with Gasteiger partial charge in [0, 0.05) is 11.3 Å². The van der Waals surface area contributed by atoms with Crippen molar-refractivity contribution in [2.45, 2.75) is 39.7 Å². The highest BCUT2D eigenvalue weighted by Crippen LogP contribution is 2.25. The highest BCUT2D eigenvalue weighted by molar-refractivity contribution is 7.92. The Hall–Kier alpha value is -2.87. The predicted octanol–water partition coefficient (Wildman–Crippen LogP) is 4.23. The third-order valence-electron chi connectivity index (χ3n) is 5.07. The van der Waals surface area contributed by atoms with Crippen molar-refractivity contribution in [2.24, 2.45) is 5.92 Å². The maximum Gasteiger partial charge on any atom is 0.251 e. The zero-order valence-corrected chi connectivity index (χ0v) is 18.3. The van der Waals surface area contributed by atoms with E-state index in [0.717, 1.165) is 17.5 Å². The van der Waals surface area contributed by atoms with Crippen molar-refractivity contribution in [1.82, 2.24) is 15.3 Å². The first-order valence-electron chi connectivity index (χ1n) is 10.2. The number of carbonyl (C=O) groups excluding carboxylic acids is 1. The summed E-state index contributed by atoms with van der Waals surface area (Å²) in [6.45, 7) is 5.93. The zero-order chi connectivity index (χ0) is 21.7. The summed E-state index contributed by atoms with van der Waals surface area (Å²) in [5.74, 6) is 0.614. The van der Waals surface area contributed by atoms with Crippen LogP contribution in [0, 0.1) is 5.92 Å². The number of anilines is 1. The van der Waals surface area contributed by atoms with Crippen LogP contribution in [-0.2, 0) is 10.0 Å². The summed E-state index contributed by atoms with van der Waals surface area (Å²) in [4.78, 5) is 20.9. The Labute approximate surface area is 177 Å². The molecular weight excluding hydrogens is 400 g/mol. The molecule has 160 valence electrons. The average Bonchev–Trinajstić information content (AvgIpc) is 3.14. The van der Waals surface area contributed by atoms with Crippen molar-refractivity contribution >= 4 is 32.7 Å². The van der Waals surface area contributed by atoms with Crippen LogP contribution in [0.1, 0.15) is 55.8 Å². The van der Waals surface area contributed by atoms with Gasteiger partial charge in [0.2, 0.25) is 10.0 Å². The topological polar surface area (TPSA) is 104 Å². The molecule has 2 atom stereocenters. The molecule has 3 rings (SSSR count). The van der Waals surface area contributed by atoms with Crippen LogP contribution >= 0.6 is 0 Å². The molecule has 0 aliphatic rings. The van der Waals surface area contributed by atoms with E-state index in [-0.39, 0.29) is 23.6 Å². The summed E-state index contributed by atoms with van der Waals surface area (Å²) in [6.07, 6.45) is 1.38. The van der Waals surface area contributed by atoms with Crippen LogP contribution in [0.25, 0.3) is 11.0 Å². The van der Waals surface area contributed by atoms with Gasteiger partial charge in [-0.3, -0.25) is 9.52 Å². The number of rotatable bonds is 9. The number of amides is 1. The molecule has 0 saturated heterocycles. The van der Waals surface area contributed by atoms with Crippen molar-refractivity contribution < 1.29 is 13.2 Å². The largest absolute Gasteiger partial charge is 0.342 e. The van der Waals surface area contributed by atoms with E-state index in [0.29, 0.717) is 23.5 Å². The average molecular weight is 429 g/mol. The summed E-state index contributed by atoms with van der Waals surface area (Å²) in [5, 5.41) is 3.07. The van der Waals surface area contributed by atoms with E-state index in [1.54, 1.807) is 31.2 Å². The molecule has 0 fully saturated rings. The highest BCUT2D eigenvalue weighted by atomic mass is 32.2. The Bertz CT molecular complexity index is 1090. The standard InChI is InChI=1S/C22H28N4O3S/c1-4-13-30(28,29)26-17-10-8-9-16(14-17)22(27)25-20(15(3)5-2)21-23-18-11-6-7-12-19(18)24-21/h6-12,14-15,20,26H,4-5,13H2,1-3H3,(H,23,24)(H,25,27)/t15-,20+/m0/s1. The lowest BCUT2D eigenvalue weighted by atomic mass is 9.98. The van der Waals surface area contributed by atoms with Crippen LogP contribution in [0.4, 0.5) is 5.69 Å². The lowest BCUT2D eigenvalue weighted by Crippen LogP contribution is -2.33. The van der Waals surface area contributed by atoms with Gasteiger partial charge in [-0.15, -0.1) is 0 Å². The Morgan fingerprint density at radius 3 is 2.60 bits per heavy atom. The van der Waals surface area contributed by atoms with Crippen LogP contribution in [0.2, 0.25) is 0 Å². The van der Waals surface area contributed by atoms with Gasteiger partial charge < -0.3 is 10.3 Å². The van der Waals surface area contributed by atoms with E-state index in [2.05, 4.69) is 33.9 Å². The van der Waals surface area contributed by atoms with Crippen LogP contribution in [-0.4, -0.2) is 30.0 Å². The number of imidazole rings is 1. The first-order valence-corrected chi connectivity index (χ1v) is 11.8. The normalized spacial score (nSPS) is 13.7. The summed E-state index contributed by atoms with van der Waals surface area (Å²) >= 11 is 0. The number of aromatic amines is 1. The van der Waals surface area contributed by atoms with Crippen molar-refractivity contribution in [3.63, 3.8) is 0 Å². The molecule has 0 radical (unpaired) electrons. The third-order valence-corrected chi connectivity index (χ3v) is 6.57. The van der Waals surface area contributed by atoms with Gasteiger partial charge in [-0.1, -0.05) is 45.4 Å². The van der Waals surface area contributed by atoms with Crippen LogP contribution in [0.15, 0.2) is 48.5 Å². The van der Waals surface area contributed by atoms with Crippen molar-refractivity contribution in [3.8, 4) is 0 Å². The van der Waals surface area contributed by atoms with E-state index in [9.17, 15) is 13.2 Å². The molecule has 8 heteroatoms. The van der Waals surface area contributed by atoms with Crippen molar-refractivity contribution in [2.75, 3.05) is 10.5 Å². The fraction of sp³-hybridized carbons (Fsp3) is 0.364. The second-order valence-electron chi connectivity index (χ2n) is 7.48. The number of H-pyrrole nitrogens is 1. The summed E-state index contributed by atoms with van der Waals surface area (Å²) in [6, 6.07) is 14.0. The molecule has 7 nitrogen and oxygen atoms in total. The lowest BCUT2D eigenvalue weighted by Gasteiger charge is -2.22. The number of carbonyl (C=O) groups is 1. The van der Waals surface area contributed by atoms with Crippen LogP contribution in [0.5, 0.6) is 0 Å². The number of para-hydroxylation sites is 2. The molecule has 0 spiro atoms. The van der Waals surface area contributed by atoms with Crippen LogP contribution in [0.3, 0.4) is 0 Å². The Morgan fingerprint density at radius 2 is 1.90 bits per heavy atom. The van der Waals surface area contributed by atoms with Gasteiger partial charge in [-0.05, 0) is 42.7 Å². The highest BCUT2D eigenvalue weighted by Gasteiger charge is 2.24. The second-order valence-corrected chi connectivity index (χ2v) is 9.32. The molecule has 0 aliphatic carbocycles. The summed E-state index contributed by atoms with van der Waals surface area (Å²) < 4.78 is 26.6. The molecule has 0 saturated carbocycles.